The molecule has 112 valence electrons. The van der Waals surface area contributed by atoms with Crippen molar-refractivity contribution < 1.29 is 9.13 Å². The second-order valence-electron chi connectivity index (χ2n) is 5.80. The molecule has 1 unspecified atom stereocenters. The van der Waals surface area contributed by atoms with Crippen molar-refractivity contribution in [2.24, 2.45) is 11.7 Å². The van der Waals surface area contributed by atoms with Crippen LogP contribution in [-0.2, 0) is 4.74 Å². The third-order valence-electron chi connectivity index (χ3n) is 4.44. The molecule has 1 aromatic rings. The molecule has 0 aromatic heterocycles. The highest BCUT2D eigenvalue weighted by atomic mass is 79.9. The molecule has 2 N–H and O–H groups in total. The Morgan fingerprint density at radius 1 is 1.45 bits per heavy atom. The normalized spacial score (nSPS) is 28.4. The molecular formula is C16H23BrFNO. The molecule has 0 spiro atoms. The summed E-state index contributed by atoms with van der Waals surface area (Å²) in [5.74, 6) is 0.431. The van der Waals surface area contributed by atoms with Crippen LogP contribution in [0.25, 0.3) is 0 Å². The number of hydrogen-bond acceptors (Lipinski definition) is 2. The molecule has 2 rings (SSSR count). The predicted octanol–water partition coefficient (Wildman–Crippen LogP) is 4.57. The van der Waals surface area contributed by atoms with Crippen molar-refractivity contribution in [3.63, 3.8) is 0 Å². The summed E-state index contributed by atoms with van der Waals surface area (Å²) in [6, 6.07) is 4.87. The van der Waals surface area contributed by atoms with E-state index in [1.807, 2.05) is 13.0 Å². The number of hydrogen-bond donors (Lipinski definition) is 1. The number of benzene rings is 1. The molecule has 1 aliphatic rings. The first-order chi connectivity index (χ1) is 9.50. The minimum atomic E-state index is -0.428. The monoisotopic (exact) mass is 343 g/mol. The largest absolute Gasteiger partial charge is 0.373 e. The first-order valence-corrected chi connectivity index (χ1v) is 8.13. The molecule has 0 heterocycles. The lowest BCUT2D eigenvalue weighted by Crippen LogP contribution is -2.46. The quantitative estimate of drug-likeness (QED) is 0.868. The maximum atomic E-state index is 14.3. The van der Waals surface area contributed by atoms with Crippen LogP contribution in [-0.4, -0.2) is 12.2 Å². The van der Waals surface area contributed by atoms with Gasteiger partial charge in [-0.15, -0.1) is 0 Å². The summed E-state index contributed by atoms with van der Waals surface area (Å²) in [5, 5.41) is 0. The standard InChI is InChI=1S/C16H23BrFNO/c1-3-20-16(9-7-11(2)8-10-16)15(19)12-5-4-6-13(17)14(12)18/h4-6,11,15H,3,7-10,19H2,1-2H3. The lowest BCUT2D eigenvalue weighted by Gasteiger charge is -2.43. The van der Waals surface area contributed by atoms with Gasteiger partial charge in [0.25, 0.3) is 0 Å². The van der Waals surface area contributed by atoms with E-state index in [-0.39, 0.29) is 5.82 Å². The molecule has 1 saturated carbocycles. The van der Waals surface area contributed by atoms with Gasteiger partial charge in [-0.2, -0.15) is 0 Å². The van der Waals surface area contributed by atoms with E-state index >= 15 is 0 Å². The van der Waals surface area contributed by atoms with E-state index < -0.39 is 11.6 Å². The topological polar surface area (TPSA) is 35.2 Å². The smallest absolute Gasteiger partial charge is 0.142 e. The van der Waals surface area contributed by atoms with Crippen molar-refractivity contribution in [1.82, 2.24) is 0 Å². The van der Waals surface area contributed by atoms with Gasteiger partial charge in [0, 0.05) is 12.2 Å². The van der Waals surface area contributed by atoms with Gasteiger partial charge in [0.2, 0.25) is 0 Å². The van der Waals surface area contributed by atoms with Crippen LogP contribution < -0.4 is 5.73 Å². The maximum absolute atomic E-state index is 14.3. The molecule has 0 aliphatic heterocycles. The summed E-state index contributed by atoms with van der Waals surface area (Å²) in [7, 11) is 0. The zero-order valence-electron chi connectivity index (χ0n) is 12.2. The van der Waals surface area contributed by atoms with E-state index in [1.54, 1.807) is 12.1 Å². The van der Waals surface area contributed by atoms with Gasteiger partial charge < -0.3 is 10.5 Å². The molecule has 1 atom stereocenters. The second kappa shape index (κ2) is 6.54. The third kappa shape index (κ3) is 3.07. The van der Waals surface area contributed by atoms with Crippen molar-refractivity contribution in [3.05, 3.63) is 34.1 Å². The Hall–Kier alpha value is -0.450. The van der Waals surface area contributed by atoms with Gasteiger partial charge in [-0.1, -0.05) is 19.1 Å². The van der Waals surface area contributed by atoms with E-state index in [9.17, 15) is 4.39 Å². The van der Waals surface area contributed by atoms with Crippen molar-refractivity contribution in [1.29, 1.82) is 0 Å². The van der Waals surface area contributed by atoms with Gasteiger partial charge in [-0.05, 0) is 60.5 Å². The fourth-order valence-electron chi connectivity index (χ4n) is 3.13. The van der Waals surface area contributed by atoms with E-state index in [0.717, 1.165) is 25.7 Å². The van der Waals surface area contributed by atoms with E-state index in [1.165, 1.54) is 0 Å². The molecular weight excluding hydrogens is 321 g/mol. The Morgan fingerprint density at radius 2 is 2.10 bits per heavy atom. The predicted molar refractivity (Wildman–Crippen MR) is 83.0 cm³/mol. The van der Waals surface area contributed by atoms with Gasteiger partial charge in [0.1, 0.15) is 5.82 Å². The fourth-order valence-corrected chi connectivity index (χ4v) is 3.51. The third-order valence-corrected chi connectivity index (χ3v) is 5.05. The summed E-state index contributed by atoms with van der Waals surface area (Å²) in [4.78, 5) is 0. The molecule has 0 radical (unpaired) electrons. The first kappa shape index (κ1) is 15.9. The number of nitrogens with two attached hydrogens (primary N) is 1. The zero-order chi connectivity index (χ0) is 14.8. The summed E-state index contributed by atoms with van der Waals surface area (Å²) in [5.41, 5.74) is 6.54. The van der Waals surface area contributed by atoms with Crippen LogP contribution in [0, 0.1) is 11.7 Å². The second-order valence-corrected chi connectivity index (χ2v) is 6.66. The van der Waals surface area contributed by atoms with Crippen molar-refractivity contribution in [2.75, 3.05) is 6.61 Å². The maximum Gasteiger partial charge on any atom is 0.142 e. The van der Waals surface area contributed by atoms with Crippen molar-refractivity contribution >= 4 is 15.9 Å². The number of halogens is 2. The summed E-state index contributed by atoms with van der Waals surface area (Å²) >= 11 is 3.23. The lowest BCUT2D eigenvalue weighted by atomic mass is 9.73. The summed E-state index contributed by atoms with van der Waals surface area (Å²) in [6.07, 6.45) is 3.97. The average Bonchev–Trinajstić information content (AvgIpc) is 2.44. The Morgan fingerprint density at radius 3 is 2.70 bits per heavy atom. The van der Waals surface area contributed by atoms with Gasteiger partial charge in [0.15, 0.2) is 0 Å². The lowest BCUT2D eigenvalue weighted by molar-refractivity contribution is -0.0902. The minimum Gasteiger partial charge on any atom is -0.373 e. The van der Waals surface area contributed by atoms with E-state index in [0.29, 0.717) is 22.6 Å². The van der Waals surface area contributed by atoms with Crippen LogP contribution in [0.15, 0.2) is 22.7 Å². The molecule has 4 heteroatoms. The highest BCUT2D eigenvalue weighted by molar-refractivity contribution is 9.10. The van der Waals surface area contributed by atoms with Crippen molar-refractivity contribution in [3.8, 4) is 0 Å². The van der Waals surface area contributed by atoms with Gasteiger partial charge in [0.05, 0.1) is 16.1 Å². The van der Waals surface area contributed by atoms with Crippen molar-refractivity contribution in [2.45, 2.75) is 51.2 Å². The zero-order valence-corrected chi connectivity index (χ0v) is 13.7. The molecule has 0 amide bonds. The van der Waals surface area contributed by atoms with Crippen LogP contribution in [0.4, 0.5) is 4.39 Å². The van der Waals surface area contributed by atoms with Crippen LogP contribution in [0.5, 0.6) is 0 Å². The molecule has 2 nitrogen and oxygen atoms in total. The van der Waals surface area contributed by atoms with Gasteiger partial charge in [-0.3, -0.25) is 0 Å². The number of rotatable bonds is 4. The highest BCUT2D eigenvalue weighted by Crippen LogP contribution is 2.43. The van der Waals surface area contributed by atoms with Crippen LogP contribution in [0.3, 0.4) is 0 Å². The Labute approximate surface area is 129 Å². The molecule has 1 aromatic carbocycles. The Kier molecular flexibility index (Phi) is 5.21. The van der Waals surface area contributed by atoms with Gasteiger partial charge >= 0.3 is 0 Å². The Balaban J connectivity index is 2.31. The van der Waals surface area contributed by atoms with Crippen LogP contribution >= 0.6 is 15.9 Å². The fraction of sp³-hybridized carbons (Fsp3) is 0.625. The van der Waals surface area contributed by atoms with Gasteiger partial charge in [-0.25, -0.2) is 4.39 Å². The molecule has 20 heavy (non-hydrogen) atoms. The van der Waals surface area contributed by atoms with Crippen LogP contribution in [0.2, 0.25) is 0 Å². The highest BCUT2D eigenvalue weighted by Gasteiger charge is 2.42. The van der Waals surface area contributed by atoms with Crippen LogP contribution in [0.1, 0.15) is 51.1 Å². The minimum absolute atomic E-state index is 0.266. The van der Waals surface area contributed by atoms with E-state index in [2.05, 4.69) is 22.9 Å². The molecule has 1 aliphatic carbocycles. The first-order valence-electron chi connectivity index (χ1n) is 7.33. The number of ether oxygens (including phenoxy) is 1. The molecule has 1 fully saturated rings. The summed E-state index contributed by atoms with van der Waals surface area (Å²) in [6.45, 7) is 4.84. The summed E-state index contributed by atoms with van der Waals surface area (Å²) < 4.78 is 20.8. The van der Waals surface area contributed by atoms with E-state index in [4.69, 9.17) is 10.5 Å². The average molecular weight is 344 g/mol. The Bertz CT molecular complexity index is 458. The SMILES string of the molecule is CCOC1(C(N)c2cccc(Br)c2F)CCC(C)CC1. The molecule has 0 bridgehead atoms. The molecule has 0 saturated heterocycles.